The van der Waals surface area contributed by atoms with Crippen molar-refractivity contribution in [2.75, 3.05) is 6.61 Å². The Hall–Kier alpha value is -1.32. The average molecular weight is 172 g/mol. The quantitative estimate of drug-likeness (QED) is 0.335. The highest BCUT2D eigenvalue weighted by Crippen LogP contribution is 1.95. The topological polar surface area (TPSA) is 52.6 Å². The van der Waals surface area contributed by atoms with E-state index in [1.807, 2.05) is 6.92 Å². The van der Waals surface area contributed by atoms with Gasteiger partial charge in [-0.1, -0.05) is 13.5 Å². The second kappa shape index (κ2) is 6.39. The largest absolute Gasteiger partial charge is 0.463 e. The Morgan fingerprint density at radius 3 is 2.75 bits per heavy atom. The molecule has 0 spiro atoms. The van der Waals surface area contributed by atoms with Gasteiger partial charge in [-0.15, -0.1) is 0 Å². The molecule has 0 radical (unpaired) electrons. The van der Waals surface area contributed by atoms with E-state index < -0.39 is 12.1 Å². The fourth-order valence-corrected chi connectivity index (χ4v) is 0.552. The third kappa shape index (κ3) is 3.75. The van der Waals surface area contributed by atoms with Crippen molar-refractivity contribution in [3.05, 3.63) is 12.7 Å². The van der Waals surface area contributed by atoms with Gasteiger partial charge in [0.15, 0.2) is 0 Å². The summed E-state index contributed by atoms with van der Waals surface area (Å²) in [6, 6.07) is 0. The minimum absolute atomic E-state index is 0.194. The number of ether oxygens (including phenoxy) is 2. The molecule has 0 saturated carbocycles. The van der Waals surface area contributed by atoms with Gasteiger partial charge >= 0.3 is 5.97 Å². The Labute approximate surface area is 71.2 Å². The zero-order valence-electron chi connectivity index (χ0n) is 6.99. The second-order valence-electron chi connectivity index (χ2n) is 2.06. The third-order valence-electron chi connectivity index (χ3n) is 1.10. The molecule has 0 fully saturated rings. The van der Waals surface area contributed by atoms with Crippen molar-refractivity contribution in [3.8, 4) is 0 Å². The number of hydrogen-bond donors (Lipinski definition) is 0. The zero-order valence-corrected chi connectivity index (χ0v) is 6.99. The maximum atomic E-state index is 10.9. The van der Waals surface area contributed by atoms with Crippen LogP contribution in [-0.2, 0) is 19.1 Å². The fraction of sp³-hybridized carbons (Fsp3) is 0.500. The Morgan fingerprint density at radius 1 is 1.67 bits per heavy atom. The predicted molar refractivity (Wildman–Crippen MR) is 42.4 cm³/mol. The van der Waals surface area contributed by atoms with E-state index in [4.69, 9.17) is 4.74 Å². The first-order valence-corrected chi connectivity index (χ1v) is 3.64. The molecule has 12 heavy (non-hydrogen) atoms. The van der Waals surface area contributed by atoms with Crippen LogP contribution >= 0.6 is 0 Å². The first kappa shape index (κ1) is 10.7. The lowest BCUT2D eigenvalue weighted by Gasteiger charge is -2.08. The van der Waals surface area contributed by atoms with Crippen LogP contribution in [0.15, 0.2) is 12.7 Å². The highest BCUT2D eigenvalue weighted by molar-refractivity contribution is 5.77. The maximum Gasteiger partial charge on any atom is 0.351 e. The van der Waals surface area contributed by atoms with Gasteiger partial charge < -0.3 is 9.47 Å². The van der Waals surface area contributed by atoms with E-state index >= 15 is 0 Å². The maximum absolute atomic E-state index is 10.9. The molecule has 0 aromatic carbocycles. The SMILES string of the molecule is C=CC(OC=O)C(=O)OCCC. The molecule has 0 aromatic heterocycles. The van der Waals surface area contributed by atoms with Gasteiger partial charge in [-0.3, -0.25) is 4.79 Å². The summed E-state index contributed by atoms with van der Waals surface area (Å²) in [5.41, 5.74) is 0. The molecule has 0 heterocycles. The summed E-state index contributed by atoms with van der Waals surface area (Å²) in [6.07, 6.45) is 0.970. The van der Waals surface area contributed by atoms with Gasteiger partial charge in [0.25, 0.3) is 6.47 Å². The number of carbonyl (C=O) groups excluding carboxylic acids is 2. The van der Waals surface area contributed by atoms with Crippen molar-refractivity contribution in [1.82, 2.24) is 0 Å². The van der Waals surface area contributed by atoms with Crippen LogP contribution in [0.1, 0.15) is 13.3 Å². The van der Waals surface area contributed by atoms with Crippen molar-refractivity contribution in [2.45, 2.75) is 19.4 Å². The molecule has 0 amide bonds. The van der Waals surface area contributed by atoms with Crippen LogP contribution in [0.3, 0.4) is 0 Å². The molecule has 4 heteroatoms. The van der Waals surface area contributed by atoms with Crippen molar-refractivity contribution < 1.29 is 19.1 Å². The van der Waals surface area contributed by atoms with Gasteiger partial charge in [-0.25, -0.2) is 4.79 Å². The van der Waals surface area contributed by atoms with Crippen LogP contribution in [0.5, 0.6) is 0 Å². The van der Waals surface area contributed by atoms with Gasteiger partial charge in [-0.2, -0.15) is 0 Å². The molecule has 0 aliphatic rings. The molecule has 68 valence electrons. The lowest BCUT2D eigenvalue weighted by atomic mass is 10.3. The predicted octanol–water partition coefficient (Wildman–Crippen LogP) is 0.667. The monoisotopic (exact) mass is 172 g/mol. The van der Waals surface area contributed by atoms with E-state index in [0.29, 0.717) is 6.61 Å². The molecule has 0 rings (SSSR count). The van der Waals surface area contributed by atoms with Crippen molar-refractivity contribution >= 4 is 12.4 Å². The molecular weight excluding hydrogens is 160 g/mol. The highest BCUT2D eigenvalue weighted by Gasteiger charge is 2.16. The second-order valence-corrected chi connectivity index (χ2v) is 2.06. The third-order valence-corrected chi connectivity index (χ3v) is 1.10. The van der Waals surface area contributed by atoms with Gasteiger partial charge in [0.2, 0.25) is 6.10 Å². The summed E-state index contributed by atoms with van der Waals surface area (Å²) < 4.78 is 9.08. The number of rotatable bonds is 6. The molecule has 0 aromatic rings. The minimum Gasteiger partial charge on any atom is -0.463 e. The molecule has 4 nitrogen and oxygen atoms in total. The fourth-order valence-electron chi connectivity index (χ4n) is 0.552. The standard InChI is InChI=1S/C8H12O4/c1-3-5-11-8(10)7(4-2)12-6-9/h4,6-7H,2-3,5H2,1H3. The summed E-state index contributed by atoms with van der Waals surface area (Å²) in [7, 11) is 0. The normalized spacial score (nSPS) is 11.4. The Balaban J connectivity index is 3.84. The van der Waals surface area contributed by atoms with Gasteiger partial charge in [0.1, 0.15) is 0 Å². The van der Waals surface area contributed by atoms with Crippen LogP contribution in [0, 0.1) is 0 Å². The van der Waals surface area contributed by atoms with Crippen molar-refractivity contribution in [3.63, 3.8) is 0 Å². The molecule has 1 atom stereocenters. The molecule has 1 unspecified atom stereocenters. The summed E-state index contributed by atoms with van der Waals surface area (Å²) in [5.74, 6) is -0.584. The Morgan fingerprint density at radius 2 is 2.33 bits per heavy atom. The highest BCUT2D eigenvalue weighted by atomic mass is 16.6. The summed E-state index contributed by atoms with van der Waals surface area (Å²) >= 11 is 0. The molecular formula is C8H12O4. The van der Waals surface area contributed by atoms with Crippen LogP contribution < -0.4 is 0 Å². The van der Waals surface area contributed by atoms with E-state index in [0.717, 1.165) is 6.42 Å². The molecule has 0 aliphatic heterocycles. The minimum atomic E-state index is -0.978. The Bertz CT molecular complexity index is 164. The van der Waals surface area contributed by atoms with Crippen LogP contribution in [0.25, 0.3) is 0 Å². The van der Waals surface area contributed by atoms with Crippen LogP contribution in [-0.4, -0.2) is 25.2 Å². The van der Waals surface area contributed by atoms with Gasteiger partial charge in [-0.05, 0) is 12.5 Å². The number of hydrogen-bond acceptors (Lipinski definition) is 4. The van der Waals surface area contributed by atoms with E-state index in [1.54, 1.807) is 0 Å². The molecule has 0 N–H and O–H groups in total. The van der Waals surface area contributed by atoms with E-state index in [2.05, 4.69) is 11.3 Å². The first-order chi connectivity index (χ1) is 5.76. The van der Waals surface area contributed by atoms with E-state index in [1.165, 1.54) is 6.08 Å². The average Bonchev–Trinajstić information content (AvgIpc) is 2.10. The van der Waals surface area contributed by atoms with Gasteiger partial charge in [0, 0.05) is 0 Å². The Kier molecular flexibility index (Phi) is 5.69. The van der Waals surface area contributed by atoms with Crippen LogP contribution in [0.4, 0.5) is 0 Å². The lowest BCUT2D eigenvalue weighted by molar-refractivity contribution is -0.158. The zero-order chi connectivity index (χ0) is 9.40. The van der Waals surface area contributed by atoms with E-state index in [9.17, 15) is 9.59 Å². The number of carbonyl (C=O) groups is 2. The first-order valence-electron chi connectivity index (χ1n) is 3.64. The summed E-state index contributed by atoms with van der Waals surface area (Å²) in [5, 5.41) is 0. The van der Waals surface area contributed by atoms with Crippen LogP contribution in [0.2, 0.25) is 0 Å². The van der Waals surface area contributed by atoms with Crippen molar-refractivity contribution in [2.24, 2.45) is 0 Å². The van der Waals surface area contributed by atoms with E-state index in [-0.39, 0.29) is 6.47 Å². The number of esters is 1. The molecule has 0 aliphatic carbocycles. The lowest BCUT2D eigenvalue weighted by Crippen LogP contribution is -2.24. The molecule has 0 saturated heterocycles. The van der Waals surface area contributed by atoms with Crippen molar-refractivity contribution in [1.29, 1.82) is 0 Å². The molecule has 0 bridgehead atoms. The smallest absolute Gasteiger partial charge is 0.351 e. The van der Waals surface area contributed by atoms with Gasteiger partial charge in [0.05, 0.1) is 6.61 Å². The summed E-state index contributed by atoms with van der Waals surface area (Å²) in [6.45, 7) is 5.71. The summed E-state index contributed by atoms with van der Waals surface area (Å²) in [4.78, 5) is 20.8.